The van der Waals surface area contributed by atoms with E-state index in [2.05, 4.69) is 76.2 Å². The van der Waals surface area contributed by atoms with Gasteiger partial charge < -0.3 is 0 Å². The summed E-state index contributed by atoms with van der Waals surface area (Å²) in [6, 6.07) is 28.4. The third-order valence-corrected chi connectivity index (χ3v) is 9.55. The van der Waals surface area contributed by atoms with Crippen molar-refractivity contribution < 1.29 is 9.59 Å². The van der Waals surface area contributed by atoms with Crippen LogP contribution < -0.4 is 0 Å². The van der Waals surface area contributed by atoms with Crippen LogP contribution in [-0.2, 0) is 11.8 Å². The second-order valence-corrected chi connectivity index (χ2v) is 13.7. The molecular formula is C36H36O2S2. The molecule has 0 atom stereocenters. The number of fused-ring (bicyclic) bond motifs is 2. The van der Waals surface area contributed by atoms with Gasteiger partial charge in [-0.25, -0.2) is 0 Å². The van der Waals surface area contributed by atoms with E-state index >= 15 is 0 Å². The fourth-order valence-corrected chi connectivity index (χ4v) is 7.06. The molecule has 0 heterocycles. The number of hydrogen-bond donors (Lipinski definition) is 0. The van der Waals surface area contributed by atoms with E-state index < -0.39 is 0 Å². The van der Waals surface area contributed by atoms with Crippen LogP contribution in [0.2, 0.25) is 0 Å². The fourth-order valence-electron chi connectivity index (χ4n) is 5.11. The second kappa shape index (κ2) is 12.2. The molecule has 40 heavy (non-hydrogen) atoms. The molecule has 2 nitrogen and oxygen atoms in total. The van der Waals surface area contributed by atoms with Crippen molar-refractivity contribution in [3.8, 4) is 0 Å². The molecule has 0 radical (unpaired) electrons. The minimum Gasteiger partial charge on any atom is -0.289 e. The van der Waals surface area contributed by atoms with Gasteiger partial charge in [0.05, 0.1) is 0 Å². The Balaban J connectivity index is 1.39. The molecule has 0 spiro atoms. The van der Waals surface area contributed by atoms with Crippen molar-refractivity contribution >= 4 is 35.1 Å². The van der Waals surface area contributed by atoms with E-state index in [9.17, 15) is 9.59 Å². The number of hydrogen-bond acceptors (Lipinski definition) is 4. The van der Waals surface area contributed by atoms with Gasteiger partial charge in [-0.2, -0.15) is 0 Å². The molecule has 0 N–H and O–H groups in total. The summed E-state index contributed by atoms with van der Waals surface area (Å²) in [7, 11) is 0. The smallest absolute Gasteiger partial charge is 0.195 e. The molecule has 0 aliphatic heterocycles. The van der Waals surface area contributed by atoms with Gasteiger partial charge in [-0.15, -0.1) is 0 Å². The first-order valence-corrected chi connectivity index (χ1v) is 15.8. The molecule has 5 rings (SSSR count). The second-order valence-electron chi connectivity index (χ2n) is 11.4. The Hall–Kier alpha value is -3.08. The zero-order valence-electron chi connectivity index (χ0n) is 23.8. The van der Waals surface area contributed by atoms with Gasteiger partial charge in [-0.1, -0.05) is 119 Å². The maximum Gasteiger partial charge on any atom is 0.195 e. The van der Waals surface area contributed by atoms with Crippen LogP contribution in [-0.4, -0.2) is 11.6 Å². The van der Waals surface area contributed by atoms with Gasteiger partial charge in [0.1, 0.15) is 0 Å². The van der Waals surface area contributed by atoms with Crippen molar-refractivity contribution in [3.63, 3.8) is 0 Å². The lowest BCUT2D eigenvalue weighted by molar-refractivity contribution is 0.0974. The van der Waals surface area contributed by atoms with Crippen molar-refractivity contribution in [2.45, 2.75) is 84.8 Å². The molecule has 0 saturated carbocycles. The first kappa shape index (κ1) is 28.4. The average Bonchev–Trinajstić information content (AvgIpc) is 2.94. The van der Waals surface area contributed by atoms with E-state index in [1.807, 2.05) is 24.3 Å². The number of rotatable bonds is 9. The van der Waals surface area contributed by atoms with Crippen LogP contribution in [0.25, 0.3) is 0 Å². The van der Waals surface area contributed by atoms with Crippen LogP contribution in [0, 0.1) is 0 Å². The van der Waals surface area contributed by atoms with E-state index in [0.717, 1.165) is 26.0 Å². The number of aryl methyl sites for hydroxylation is 1. The molecule has 1 aliphatic rings. The summed E-state index contributed by atoms with van der Waals surface area (Å²) >= 11 is 3.10. The normalized spacial score (nSPS) is 12.8. The Labute approximate surface area is 247 Å². The molecule has 1 aliphatic carbocycles. The van der Waals surface area contributed by atoms with Crippen molar-refractivity contribution in [1.29, 1.82) is 0 Å². The summed E-state index contributed by atoms with van der Waals surface area (Å²) < 4.78 is 0. The third kappa shape index (κ3) is 6.14. The van der Waals surface area contributed by atoms with Gasteiger partial charge in [-0.3, -0.25) is 9.59 Å². The summed E-state index contributed by atoms with van der Waals surface area (Å²) in [5.41, 5.74) is 4.69. The van der Waals surface area contributed by atoms with Gasteiger partial charge in [0.2, 0.25) is 0 Å². The molecule has 4 aromatic rings. The van der Waals surface area contributed by atoms with Crippen LogP contribution in [0.1, 0.15) is 96.3 Å². The Morgan fingerprint density at radius 2 is 1.10 bits per heavy atom. The monoisotopic (exact) mass is 564 g/mol. The van der Waals surface area contributed by atoms with E-state index in [1.54, 1.807) is 23.9 Å². The van der Waals surface area contributed by atoms with E-state index in [4.69, 9.17) is 0 Å². The molecule has 0 amide bonds. The van der Waals surface area contributed by atoms with Crippen molar-refractivity contribution in [1.82, 2.24) is 0 Å². The zero-order chi connectivity index (χ0) is 28.3. The quantitative estimate of drug-likeness (QED) is 0.167. The number of carbonyl (C=O) groups excluding carboxylic acids is 2. The molecule has 204 valence electrons. The largest absolute Gasteiger partial charge is 0.289 e. The van der Waals surface area contributed by atoms with E-state index in [-0.39, 0.29) is 17.0 Å². The number of benzene rings is 4. The SMILES string of the molecule is CCCCCCc1ccc(Sc2cccc3c2C(=O)c2cccc(Sc4ccc(C(C)(C)C)cc4)c2C3=O)cc1. The standard InChI is InChI=1S/C36H36O2S2/c1-5-6-7-8-11-24-16-20-26(21-17-24)39-30-14-9-12-28-32(30)34(37)29-13-10-15-31(33(29)35(28)38)40-27-22-18-25(19-23-27)36(2,3)4/h9-10,12-23H,5-8,11H2,1-4H3. The molecule has 0 saturated heterocycles. The number of unbranched alkanes of at least 4 members (excludes halogenated alkanes) is 3. The summed E-state index contributed by atoms with van der Waals surface area (Å²) in [6.07, 6.45) is 6.11. The topological polar surface area (TPSA) is 34.1 Å². The van der Waals surface area contributed by atoms with Crippen LogP contribution in [0.3, 0.4) is 0 Å². The number of carbonyl (C=O) groups is 2. The molecule has 0 fully saturated rings. The van der Waals surface area contributed by atoms with Crippen molar-refractivity contribution in [2.24, 2.45) is 0 Å². The van der Waals surface area contributed by atoms with Gasteiger partial charge in [-0.05, 0) is 65.8 Å². The molecule has 4 heteroatoms. The minimum atomic E-state index is -0.0797. The molecule has 4 aromatic carbocycles. The first-order chi connectivity index (χ1) is 19.3. The average molecular weight is 565 g/mol. The van der Waals surface area contributed by atoms with Crippen molar-refractivity contribution in [3.05, 3.63) is 118 Å². The minimum absolute atomic E-state index is 0.0766. The molecule has 0 unspecified atom stereocenters. The lowest BCUT2D eigenvalue weighted by Crippen LogP contribution is -2.22. The van der Waals surface area contributed by atoms with Crippen LogP contribution in [0.15, 0.2) is 105 Å². The van der Waals surface area contributed by atoms with Gasteiger partial charge >= 0.3 is 0 Å². The third-order valence-electron chi connectivity index (χ3n) is 7.41. The highest BCUT2D eigenvalue weighted by Crippen LogP contribution is 2.41. The Morgan fingerprint density at radius 1 is 0.600 bits per heavy atom. The Kier molecular flexibility index (Phi) is 8.68. The summed E-state index contributed by atoms with van der Waals surface area (Å²) in [6.45, 7) is 8.82. The van der Waals surface area contributed by atoms with Crippen LogP contribution >= 0.6 is 23.5 Å². The van der Waals surface area contributed by atoms with Crippen LogP contribution in [0.5, 0.6) is 0 Å². The molecule has 0 aromatic heterocycles. The lowest BCUT2D eigenvalue weighted by atomic mass is 9.84. The maximum atomic E-state index is 13.9. The van der Waals surface area contributed by atoms with E-state index in [0.29, 0.717) is 22.3 Å². The summed E-state index contributed by atoms with van der Waals surface area (Å²) in [5, 5.41) is 0. The number of ketones is 2. The first-order valence-electron chi connectivity index (χ1n) is 14.2. The highest BCUT2D eigenvalue weighted by Gasteiger charge is 2.33. The highest BCUT2D eigenvalue weighted by atomic mass is 32.2. The predicted octanol–water partition coefficient (Wildman–Crippen LogP) is 10.2. The van der Waals surface area contributed by atoms with Crippen LogP contribution in [0.4, 0.5) is 0 Å². The van der Waals surface area contributed by atoms with Gasteiger partial charge in [0.15, 0.2) is 11.6 Å². The predicted molar refractivity (Wildman–Crippen MR) is 167 cm³/mol. The van der Waals surface area contributed by atoms with Crippen molar-refractivity contribution in [2.75, 3.05) is 0 Å². The zero-order valence-corrected chi connectivity index (χ0v) is 25.4. The van der Waals surface area contributed by atoms with Gasteiger partial charge in [0, 0.05) is 41.8 Å². The summed E-state index contributed by atoms with van der Waals surface area (Å²) in [5.74, 6) is -0.158. The Morgan fingerprint density at radius 3 is 1.57 bits per heavy atom. The van der Waals surface area contributed by atoms with Gasteiger partial charge in [0.25, 0.3) is 0 Å². The molecular weight excluding hydrogens is 529 g/mol. The Bertz CT molecular complexity index is 1530. The fraction of sp³-hybridized carbons (Fsp3) is 0.278. The van der Waals surface area contributed by atoms with E-state index in [1.165, 1.54) is 48.6 Å². The maximum absolute atomic E-state index is 13.9. The molecule has 0 bridgehead atoms. The lowest BCUT2D eigenvalue weighted by Gasteiger charge is -2.22. The summed E-state index contributed by atoms with van der Waals surface area (Å²) in [4.78, 5) is 31.5. The highest BCUT2D eigenvalue weighted by molar-refractivity contribution is 7.99.